The highest BCUT2D eigenvalue weighted by Crippen LogP contribution is 2.19. The minimum absolute atomic E-state index is 0.282. The van der Waals surface area contributed by atoms with Crippen LogP contribution < -0.4 is 15.4 Å². The van der Waals surface area contributed by atoms with E-state index in [0.717, 1.165) is 17.9 Å². The van der Waals surface area contributed by atoms with Gasteiger partial charge in [-0.05, 0) is 43.7 Å². The van der Waals surface area contributed by atoms with Crippen LogP contribution in [0, 0.1) is 0 Å². The number of methoxy groups -OCH3 is 1. The lowest BCUT2D eigenvalue weighted by Crippen LogP contribution is -2.44. The zero-order valence-corrected chi connectivity index (χ0v) is 14.4. The zero-order chi connectivity index (χ0) is 17.4. The molecule has 0 radical (unpaired) electrons. The van der Waals surface area contributed by atoms with Crippen molar-refractivity contribution in [1.82, 2.24) is 10.6 Å². The molecule has 0 aliphatic heterocycles. The third-order valence-corrected chi connectivity index (χ3v) is 3.55. The van der Waals surface area contributed by atoms with E-state index in [1.54, 1.807) is 32.4 Å². The molecular weight excluding hydrogens is 306 g/mol. The molecule has 3 N–H and O–H groups in total. The fourth-order valence-corrected chi connectivity index (χ4v) is 2.21. The number of hydrogen-bond acceptors (Lipinski definition) is 4. The van der Waals surface area contributed by atoms with Gasteiger partial charge in [-0.3, -0.25) is 0 Å². The van der Waals surface area contributed by atoms with Crippen molar-refractivity contribution in [1.29, 1.82) is 0 Å². The second-order valence-electron chi connectivity index (χ2n) is 5.65. The summed E-state index contributed by atoms with van der Waals surface area (Å²) in [7, 11) is 1.64. The molecule has 24 heavy (non-hydrogen) atoms. The van der Waals surface area contributed by atoms with E-state index in [0.29, 0.717) is 18.3 Å². The third kappa shape index (κ3) is 5.03. The molecule has 0 amide bonds. The van der Waals surface area contributed by atoms with Gasteiger partial charge in [-0.25, -0.2) is 4.99 Å². The normalized spacial score (nSPS) is 14.1. The monoisotopic (exact) mass is 331 g/mol. The Kier molecular flexibility index (Phi) is 6.26. The molecule has 6 heteroatoms. The van der Waals surface area contributed by atoms with Crippen LogP contribution in [0.25, 0.3) is 0 Å². The largest absolute Gasteiger partial charge is 0.497 e. The quantitative estimate of drug-likeness (QED) is 0.536. The Morgan fingerprint density at radius 1 is 1.29 bits per heavy atom. The summed E-state index contributed by atoms with van der Waals surface area (Å²) in [6, 6.07) is 11.3. The van der Waals surface area contributed by atoms with E-state index in [1.807, 2.05) is 31.2 Å². The molecule has 0 saturated heterocycles. The summed E-state index contributed by atoms with van der Waals surface area (Å²) in [6.45, 7) is 5.21. The first-order valence-corrected chi connectivity index (χ1v) is 7.96. The lowest BCUT2D eigenvalue weighted by molar-refractivity contribution is 0.0386. The fraction of sp³-hybridized carbons (Fsp3) is 0.389. The van der Waals surface area contributed by atoms with E-state index in [2.05, 4.69) is 15.6 Å². The first kappa shape index (κ1) is 17.9. The van der Waals surface area contributed by atoms with Crippen LogP contribution in [0.5, 0.6) is 5.75 Å². The number of guanidine groups is 1. The van der Waals surface area contributed by atoms with Crippen molar-refractivity contribution in [2.75, 3.05) is 20.2 Å². The molecule has 0 fully saturated rings. The Balaban J connectivity index is 2.00. The van der Waals surface area contributed by atoms with Crippen molar-refractivity contribution in [3.63, 3.8) is 0 Å². The zero-order valence-electron chi connectivity index (χ0n) is 14.4. The van der Waals surface area contributed by atoms with Gasteiger partial charge in [0.15, 0.2) is 5.96 Å². The van der Waals surface area contributed by atoms with Crippen molar-refractivity contribution in [3.05, 3.63) is 54.0 Å². The predicted molar refractivity (Wildman–Crippen MR) is 94.1 cm³/mol. The number of rotatable bonds is 7. The lowest BCUT2D eigenvalue weighted by Gasteiger charge is -2.22. The number of nitrogens with one attached hydrogen (secondary N) is 2. The highest BCUT2D eigenvalue weighted by Gasteiger charge is 2.26. The van der Waals surface area contributed by atoms with E-state index >= 15 is 0 Å². The van der Waals surface area contributed by atoms with Crippen molar-refractivity contribution in [3.8, 4) is 5.75 Å². The van der Waals surface area contributed by atoms with E-state index in [9.17, 15) is 5.11 Å². The predicted octanol–water partition coefficient (Wildman–Crippen LogP) is 2.25. The summed E-state index contributed by atoms with van der Waals surface area (Å²) >= 11 is 0. The lowest BCUT2D eigenvalue weighted by atomic mass is 10.0. The molecule has 1 aromatic heterocycles. The van der Waals surface area contributed by atoms with Gasteiger partial charge in [0, 0.05) is 6.54 Å². The molecule has 1 unspecified atom stereocenters. The van der Waals surface area contributed by atoms with E-state index in [-0.39, 0.29) is 6.54 Å². The van der Waals surface area contributed by atoms with Crippen LogP contribution in [-0.2, 0) is 12.1 Å². The molecule has 1 atom stereocenters. The van der Waals surface area contributed by atoms with Crippen LogP contribution >= 0.6 is 0 Å². The number of hydrogen-bond donors (Lipinski definition) is 3. The molecule has 1 aromatic carbocycles. The van der Waals surface area contributed by atoms with Crippen molar-refractivity contribution < 1.29 is 14.3 Å². The van der Waals surface area contributed by atoms with Gasteiger partial charge < -0.3 is 24.9 Å². The summed E-state index contributed by atoms with van der Waals surface area (Å²) in [5, 5.41) is 16.8. The Bertz CT molecular complexity index is 651. The summed E-state index contributed by atoms with van der Waals surface area (Å²) in [4.78, 5) is 4.54. The fourth-order valence-electron chi connectivity index (χ4n) is 2.21. The minimum atomic E-state index is -1.12. The first-order chi connectivity index (χ1) is 11.5. The summed E-state index contributed by atoms with van der Waals surface area (Å²) in [6.07, 6.45) is 1.55. The van der Waals surface area contributed by atoms with Gasteiger partial charge in [0.25, 0.3) is 0 Å². The summed E-state index contributed by atoms with van der Waals surface area (Å²) in [5.74, 6) is 1.95. The number of nitrogens with zero attached hydrogens (tertiary/aromatic N) is 1. The molecule has 130 valence electrons. The van der Waals surface area contributed by atoms with Crippen LogP contribution in [0.1, 0.15) is 25.2 Å². The van der Waals surface area contributed by atoms with Gasteiger partial charge in [0.05, 0.1) is 26.5 Å². The van der Waals surface area contributed by atoms with E-state index < -0.39 is 5.60 Å². The van der Waals surface area contributed by atoms with Gasteiger partial charge in [-0.1, -0.05) is 12.1 Å². The maximum Gasteiger partial charge on any atom is 0.191 e. The maximum atomic E-state index is 10.5. The second kappa shape index (κ2) is 8.40. The van der Waals surface area contributed by atoms with Crippen LogP contribution in [0.15, 0.2) is 52.1 Å². The Morgan fingerprint density at radius 2 is 2.12 bits per heavy atom. The standard InChI is InChI=1S/C18H25N3O3/c1-4-19-17(20-12-14-7-5-8-15(11-14)23-3)21-13-18(2,22)16-9-6-10-24-16/h5-11,22H,4,12-13H2,1-3H3,(H2,19,20,21). The van der Waals surface area contributed by atoms with Crippen LogP contribution in [-0.4, -0.2) is 31.3 Å². The average Bonchev–Trinajstić information content (AvgIpc) is 3.13. The number of aliphatic imine (C=N–C) groups is 1. The molecule has 0 saturated carbocycles. The molecule has 0 aliphatic carbocycles. The summed E-state index contributed by atoms with van der Waals surface area (Å²) < 4.78 is 10.5. The molecule has 0 aliphatic rings. The van der Waals surface area contributed by atoms with Gasteiger partial charge in [-0.2, -0.15) is 0 Å². The Morgan fingerprint density at radius 3 is 2.79 bits per heavy atom. The Labute approximate surface area is 142 Å². The van der Waals surface area contributed by atoms with Gasteiger partial charge in [0.2, 0.25) is 0 Å². The first-order valence-electron chi connectivity index (χ1n) is 7.96. The molecule has 0 bridgehead atoms. The number of ether oxygens (including phenoxy) is 1. The molecule has 2 rings (SSSR count). The highest BCUT2D eigenvalue weighted by atomic mass is 16.5. The topological polar surface area (TPSA) is 79.0 Å². The van der Waals surface area contributed by atoms with Gasteiger partial charge in [0.1, 0.15) is 17.1 Å². The second-order valence-corrected chi connectivity index (χ2v) is 5.65. The summed E-state index contributed by atoms with van der Waals surface area (Å²) in [5.41, 5.74) is -0.0697. The molecule has 0 spiro atoms. The van der Waals surface area contributed by atoms with Gasteiger partial charge >= 0.3 is 0 Å². The van der Waals surface area contributed by atoms with Crippen LogP contribution in [0.4, 0.5) is 0 Å². The smallest absolute Gasteiger partial charge is 0.191 e. The SMILES string of the molecule is CCNC(=NCc1cccc(OC)c1)NCC(C)(O)c1ccco1. The van der Waals surface area contributed by atoms with E-state index in [4.69, 9.17) is 9.15 Å². The van der Waals surface area contributed by atoms with Crippen molar-refractivity contribution in [2.45, 2.75) is 26.0 Å². The van der Waals surface area contributed by atoms with Crippen LogP contribution in [0.3, 0.4) is 0 Å². The number of furan rings is 1. The molecule has 6 nitrogen and oxygen atoms in total. The minimum Gasteiger partial charge on any atom is -0.497 e. The van der Waals surface area contributed by atoms with Crippen LogP contribution in [0.2, 0.25) is 0 Å². The average molecular weight is 331 g/mol. The third-order valence-electron chi connectivity index (χ3n) is 3.55. The Hall–Kier alpha value is -2.47. The molecular formula is C18H25N3O3. The van der Waals surface area contributed by atoms with Crippen molar-refractivity contribution in [2.24, 2.45) is 4.99 Å². The highest BCUT2D eigenvalue weighted by molar-refractivity contribution is 5.79. The van der Waals surface area contributed by atoms with E-state index in [1.165, 1.54) is 0 Å². The molecule has 2 aromatic rings. The number of aliphatic hydroxyl groups is 1. The molecule has 1 heterocycles. The maximum absolute atomic E-state index is 10.5. The van der Waals surface area contributed by atoms with Gasteiger partial charge in [-0.15, -0.1) is 0 Å². The number of benzene rings is 1. The van der Waals surface area contributed by atoms with Crippen molar-refractivity contribution >= 4 is 5.96 Å².